The van der Waals surface area contributed by atoms with E-state index in [1.54, 1.807) is 0 Å². The summed E-state index contributed by atoms with van der Waals surface area (Å²) in [5, 5.41) is 12.1. The summed E-state index contributed by atoms with van der Waals surface area (Å²) in [7, 11) is 0. The van der Waals surface area contributed by atoms with Crippen LogP contribution in [0.15, 0.2) is 170 Å². The van der Waals surface area contributed by atoms with Gasteiger partial charge in [0.2, 0.25) is 0 Å². The van der Waals surface area contributed by atoms with Gasteiger partial charge in [-0.05, 0) is 70.3 Å². The Morgan fingerprint density at radius 2 is 1.17 bits per heavy atom. The lowest BCUT2D eigenvalue weighted by Gasteiger charge is -2.21. The van der Waals surface area contributed by atoms with Crippen molar-refractivity contribution in [3.8, 4) is 67.9 Å². The van der Waals surface area contributed by atoms with Crippen LogP contribution in [0, 0.1) is 11.3 Å². The lowest BCUT2D eigenvalue weighted by Crippen LogP contribution is -2.14. The van der Waals surface area contributed by atoms with Crippen molar-refractivity contribution in [1.82, 2.24) is 14.5 Å². The Morgan fingerprint density at radius 1 is 0.519 bits per heavy atom. The first kappa shape index (κ1) is 31.6. The molecule has 0 aliphatic heterocycles. The molecule has 4 nitrogen and oxygen atoms in total. The van der Waals surface area contributed by atoms with Crippen LogP contribution in [0.4, 0.5) is 0 Å². The molecule has 0 radical (unpaired) electrons. The van der Waals surface area contributed by atoms with Gasteiger partial charge in [0, 0.05) is 44.1 Å². The summed E-state index contributed by atoms with van der Waals surface area (Å²) in [4.78, 5) is 10.3. The molecule has 54 heavy (non-hydrogen) atoms. The predicted octanol–water partition coefficient (Wildman–Crippen LogP) is 12.4. The second-order valence-electron chi connectivity index (χ2n) is 14.6. The molecule has 0 saturated carbocycles. The maximum Gasteiger partial charge on any atom is 0.160 e. The van der Waals surface area contributed by atoms with Crippen LogP contribution >= 0.6 is 0 Å². The molecule has 0 saturated heterocycles. The number of nitrogens with zero attached hydrogens (tertiary/aromatic N) is 4. The van der Waals surface area contributed by atoms with Crippen molar-refractivity contribution < 1.29 is 0 Å². The third kappa shape index (κ3) is 4.98. The summed E-state index contributed by atoms with van der Waals surface area (Å²) >= 11 is 0. The Balaban J connectivity index is 1.30. The Hall–Kier alpha value is -7.09. The van der Waals surface area contributed by atoms with E-state index in [1.165, 1.54) is 38.5 Å². The molecule has 0 atom stereocenters. The highest BCUT2D eigenvalue weighted by atomic mass is 15.0. The molecule has 10 rings (SSSR count). The molecule has 0 bridgehead atoms. The van der Waals surface area contributed by atoms with Crippen LogP contribution in [-0.2, 0) is 5.41 Å². The van der Waals surface area contributed by atoms with Gasteiger partial charge in [0.1, 0.15) is 0 Å². The standard InChI is InChI=1S/C50H34N4/c1-50(2)42-19-11-9-18-41(42)47-43(50)26-25-40-39-17-10-12-20-46(39)54(48(40)47)38-28-36(33-23-21-32(31-51)22-24-33)27-37(29-38)45-30-44(34-13-5-3-6-14-34)52-49(53-45)35-15-7-4-8-16-35/h3-30H,1-2H3. The molecular weight excluding hydrogens is 657 g/mol. The average Bonchev–Trinajstić information content (AvgIpc) is 3.70. The molecule has 0 fully saturated rings. The molecule has 9 aromatic rings. The second kappa shape index (κ2) is 12.3. The third-order valence-electron chi connectivity index (χ3n) is 11.0. The van der Waals surface area contributed by atoms with Crippen LogP contribution in [0.25, 0.3) is 83.6 Å². The monoisotopic (exact) mass is 690 g/mol. The molecule has 0 N–H and O–H groups in total. The van der Waals surface area contributed by atoms with Crippen molar-refractivity contribution >= 4 is 21.8 Å². The molecule has 0 spiro atoms. The molecule has 4 heteroatoms. The van der Waals surface area contributed by atoms with E-state index in [0.29, 0.717) is 11.4 Å². The van der Waals surface area contributed by atoms with Crippen LogP contribution in [0.2, 0.25) is 0 Å². The van der Waals surface area contributed by atoms with Gasteiger partial charge in [0.25, 0.3) is 0 Å². The van der Waals surface area contributed by atoms with E-state index in [4.69, 9.17) is 9.97 Å². The maximum absolute atomic E-state index is 9.62. The van der Waals surface area contributed by atoms with E-state index in [0.717, 1.165) is 50.4 Å². The van der Waals surface area contributed by atoms with E-state index in [-0.39, 0.29) is 5.41 Å². The van der Waals surface area contributed by atoms with E-state index in [9.17, 15) is 5.26 Å². The molecule has 1 aliphatic rings. The highest BCUT2D eigenvalue weighted by Gasteiger charge is 2.37. The van der Waals surface area contributed by atoms with Gasteiger partial charge in [-0.2, -0.15) is 5.26 Å². The molecule has 7 aromatic carbocycles. The van der Waals surface area contributed by atoms with Crippen molar-refractivity contribution in [3.63, 3.8) is 0 Å². The zero-order valence-corrected chi connectivity index (χ0v) is 30.0. The van der Waals surface area contributed by atoms with E-state index >= 15 is 0 Å². The number of rotatable bonds is 5. The zero-order valence-electron chi connectivity index (χ0n) is 30.0. The lowest BCUT2D eigenvalue weighted by atomic mass is 9.82. The van der Waals surface area contributed by atoms with Crippen molar-refractivity contribution in [2.75, 3.05) is 0 Å². The Labute approximate surface area is 314 Å². The summed E-state index contributed by atoms with van der Waals surface area (Å²) in [6.07, 6.45) is 0. The molecule has 0 amide bonds. The summed E-state index contributed by atoms with van der Waals surface area (Å²) in [5.41, 5.74) is 15.8. The van der Waals surface area contributed by atoms with E-state index in [2.05, 4.69) is 134 Å². The summed E-state index contributed by atoms with van der Waals surface area (Å²) in [5.74, 6) is 0.672. The summed E-state index contributed by atoms with van der Waals surface area (Å²) in [6, 6.07) is 61.7. The van der Waals surface area contributed by atoms with E-state index in [1.807, 2.05) is 60.7 Å². The third-order valence-corrected chi connectivity index (χ3v) is 11.0. The highest BCUT2D eigenvalue weighted by molar-refractivity contribution is 6.15. The van der Waals surface area contributed by atoms with Crippen molar-refractivity contribution in [3.05, 3.63) is 187 Å². The molecule has 254 valence electrons. The number of nitriles is 1. The van der Waals surface area contributed by atoms with Crippen LogP contribution in [0.3, 0.4) is 0 Å². The van der Waals surface area contributed by atoms with Gasteiger partial charge in [-0.1, -0.05) is 141 Å². The number of aromatic nitrogens is 3. The number of hydrogen-bond donors (Lipinski definition) is 0. The van der Waals surface area contributed by atoms with Gasteiger partial charge in [0.15, 0.2) is 5.82 Å². The van der Waals surface area contributed by atoms with Gasteiger partial charge in [0.05, 0.1) is 34.1 Å². The predicted molar refractivity (Wildman–Crippen MR) is 220 cm³/mol. The number of para-hydroxylation sites is 1. The molecule has 0 unspecified atom stereocenters. The Morgan fingerprint density at radius 3 is 1.93 bits per heavy atom. The number of fused-ring (bicyclic) bond motifs is 7. The quantitative estimate of drug-likeness (QED) is 0.181. The van der Waals surface area contributed by atoms with Crippen LogP contribution in [-0.4, -0.2) is 14.5 Å². The lowest BCUT2D eigenvalue weighted by molar-refractivity contribution is 0.661. The minimum atomic E-state index is -0.139. The fraction of sp³-hybridized carbons (Fsp3) is 0.0600. The SMILES string of the molecule is CC1(C)c2ccccc2-c2c1ccc1c3ccccc3n(-c3cc(-c4ccc(C#N)cc4)cc(-c4cc(-c5ccccc5)nc(-c5ccccc5)n4)c3)c21. The maximum atomic E-state index is 9.62. The van der Waals surface area contributed by atoms with Crippen molar-refractivity contribution in [2.45, 2.75) is 19.3 Å². The van der Waals surface area contributed by atoms with Gasteiger partial charge < -0.3 is 4.57 Å². The smallest absolute Gasteiger partial charge is 0.160 e. The summed E-state index contributed by atoms with van der Waals surface area (Å²) in [6.45, 7) is 4.67. The normalized spacial score (nSPS) is 12.8. The van der Waals surface area contributed by atoms with Gasteiger partial charge in [-0.15, -0.1) is 0 Å². The topological polar surface area (TPSA) is 54.5 Å². The van der Waals surface area contributed by atoms with Crippen LogP contribution in [0.5, 0.6) is 0 Å². The minimum absolute atomic E-state index is 0.139. The number of benzene rings is 7. The zero-order chi connectivity index (χ0) is 36.4. The molecule has 2 heterocycles. The van der Waals surface area contributed by atoms with Crippen LogP contribution in [0.1, 0.15) is 30.5 Å². The molecular formula is C50H34N4. The van der Waals surface area contributed by atoms with Crippen LogP contribution < -0.4 is 0 Å². The minimum Gasteiger partial charge on any atom is -0.309 e. The average molecular weight is 691 g/mol. The Bertz CT molecular complexity index is 2890. The second-order valence-corrected chi connectivity index (χ2v) is 14.6. The van der Waals surface area contributed by atoms with Gasteiger partial charge in [-0.25, -0.2) is 9.97 Å². The van der Waals surface area contributed by atoms with E-state index < -0.39 is 0 Å². The first-order valence-electron chi connectivity index (χ1n) is 18.3. The number of hydrogen-bond acceptors (Lipinski definition) is 3. The first-order valence-corrected chi connectivity index (χ1v) is 18.3. The molecule has 1 aliphatic carbocycles. The fourth-order valence-corrected chi connectivity index (χ4v) is 8.37. The van der Waals surface area contributed by atoms with Gasteiger partial charge >= 0.3 is 0 Å². The summed E-state index contributed by atoms with van der Waals surface area (Å²) < 4.78 is 2.45. The van der Waals surface area contributed by atoms with Crippen molar-refractivity contribution in [1.29, 1.82) is 5.26 Å². The van der Waals surface area contributed by atoms with Crippen molar-refractivity contribution in [2.24, 2.45) is 0 Å². The largest absolute Gasteiger partial charge is 0.309 e. The Kier molecular flexibility index (Phi) is 7.18. The highest BCUT2D eigenvalue weighted by Crippen LogP contribution is 2.53. The van der Waals surface area contributed by atoms with Gasteiger partial charge in [-0.3, -0.25) is 0 Å². The molecule has 2 aromatic heterocycles. The fourth-order valence-electron chi connectivity index (χ4n) is 8.37. The first-order chi connectivity index (χ1) is 26.5.